The van der Waals surface area contributed by atoms with Gasteiger partial charge in [0.15, 0.2) is 0 Å². The largest absolute Gasteiger partial charge is 0.495 e. The molecule has 0 aliphatic carbocycles. The smallest absolute Gasteiger partial charge is 0.335 e. The topological polar surface area (TPSA) is 106 Å². The molecule has 0 atom stereocenters. The van der Waals surface area contributed by atoms with Crippen LogP contribution in [0.3, 0.4) is 0 Å². The first-order valence-corrected chi connectivity index (χ1v) is 8.68. The number of nitrogens with one attached hydrogen (secondary N) is 1. The molecule has 3 aromatic rings. The van der Waals surface area contributed by atoms with E-state index in [1.54, 1.807) is 6.07 Å². The Hall–Kier alpha value is -3.13. The minimum absolute atomic E-state index is 0.0475. The second-order valence-electron chi connectivity index (χ2n) is 5.19. The van der Waals surface area contributed by atoms with Gasteiger partial charge in [-0.25, -0.2) is 13.2 Å². The van der Waals surface area contributed by atoms with E-state index in [-0.39, 0.29) is 21.9 Å². The number of carboxylic acids is 1. The molecule has 0 aliphatic heterocycles. The van der Waals surface area contributed by atoms with Crippen molar-refractivity contribution < 1.29 is 23.1 Å². The van der Waals surface area contributed by atoms with Gasteiger partial charge in [-0.3, -0.25) is 9.71 Å². The van der Waals surface area contributed by atoms with Crippen LogP contribution in [-0.2, 0) is 10.0 Å². The van der Waals surface area contributed by atoms with Gasteiger partial charge in [0.1, 0.15) is 10.6 Å². The Bertz CT molecular complexity index is 1060. The first-order valence-electron chi connectivity index (χ1n) is 7.19. The van der Waals surface area contributed by atoms with Crippen LogP contribution in [0.15, 0.2) is 59.6 Å². The molecular weight excluding hydrogens is 344 g/mol. The van der Waals surface area contributed by atoms with Crippen molar-refractivity contribution in [1.82, 2.24) is 4.98 Å². The monoisotopic (exact) mass is 358 g/mol. The quantitative estimate of drug-likeness (QED) is 0.726. The summed E-state index contributed by atoms with van der Waals surface area (Å²) in [4.78, 5) is 15.1. The van der Waals surface area contributed by atoms with Gasteiger partial charge in [-0.05, 0) is 30.3 Å². The molecule has 0 spiro atoms. The van der Waals surface area contributed by atoms with E-state index in [0.29, 0.717) is 0 Å². The molecule has 2 aromatic carbocycles. The van der Waals surface area contributed by atoms with Gasteiger partial charge in [0.2, 0.25) is 0 Å². The van der Waals surface area contributed by atoms with Gasteiger partial charge >= 0.3 is 5.97 Å². The fourth-order valence-electron chi connectivity index (χ4n) is 2.36. The van der Waals surface area contributed by atoms with Crippen LogP contribution in [0.4, 0.5) is 5.69 Å². The zero-order valence-electron chi connectivity index (χ0n) is 13.1. The van der Waals surface area contributed by atoms with Crippen LogP contribution in [0.5, 0.6) is 5.75 Å². The van der Waals surface area contributed by atoms with Crippen molar-refractivity contribution in [2.24, 2.45) is 0 Å². The van der Waals surface area contributed by atoms with Crippen molar-refractivity contribution in [2.45, 2.75) is 4.90 Å². The molecule has 0 fully saturated rings. The molecule has 3 rings (SSSR count). The summed E-state index contributed by atoms with van der Waals surface area (Å²) in [5.41, 5.74) is 0.843. The highest BCUT2D eigenvalue weighted by atomic mass is 32.2. The number of carboxylic acid groups (broad SMARTS) is 1. The van der Waals surface area contributed by atoms with E-state index in [0.717, 1.165) is 17.0 Å². The molecule has 0 saturated carbocycles. The van der Waals surface area contributed by atoms with E-state index in [1.165, 1.54) is 25.4 Å². The minimum Gasteiger partial charge on any atom is -0.495 e. The SMILES string of the molecule is COc1ccc(C(=O)O)cc1S(=O)(=O)Nc1cnc2ccccc2c1. The number of sulfonamides is 1. The summed E-state index contributed by atoms with van der Waals surface area (Å²) in [6.45, 7) is 0. The lowest BCUT2D eigenvalue weighted by Gasteiger charge is -2.12. The fraction of sp³-hybridized carbons (Fsp3) is 0.0588. The number of carbonyl (C=O) groups is 1. The maximum atomic E-state index is 12.7. The van der Waals surface area contributed by atoms with Crippen LogP contribution < -0.4 is 9.46 Å². The molecule has 8 heteroatoms. The highest BCUT2D eigenvalue weighted by Gasteiger charge is 2.22. The molecule has 0 unspecified atom stereocenters. The van der Waals surface area contributed by atoms with E-state index in [1.807, 2.05) is 24.3 Å². The number of ether oxygens (including phenoxy) is 1. The lowest BCUT2D eigenvalue weighted by molar-refractivity contribution is 0.0696. The number of methoxy groups -OCH3 is 1. The molecule has 1 heterocycles. The van der Waals surface area contributed by atoms with Crippen LogP contribution >= 0.6 is 0 Å². The first-order chi connectivity index (χ1) is 11.9. The zero-order chi connectivity index (χ0) is 18.0. The van der Waals surface area contributed by atoms with Crippen molar-refractivity contribution in [3.8, 4) is 5.75 Å². The lowest BCUT2D eigenvalue weighted by atomic mass is 10.2. The summed E-state index contributed by atoms with van der Waals surface area (Å²) in [7, 11) is -2.75. The number of pyridine rings is 1. The number of nitrogens with zero attached hydrogens (tertiary/aromatic N) is 1. The Morgan fingerprint density at radius 3 is 2.64 bits per heavy atom. The van der Waals surface area contributed by atoms with Crippen LogP contribution in [-0.4, -0.2) is 31.6 Å². The van der Waals surface area contributed by atoms with Gasteiger partial charge in [-0.15, -0.1) is 0 Å². The number of rotatable bonds is 5. The lowest BCUT2D eigenvalue weighted by Crippen LogP contribution is -2.15. The van der Waals surface area contributed by atoms with Gasteiger partial charge in [0, 0.05) is 5.39 Å². The van der Waals surface area contributed by atoms with Crippen LogP contribution in [0.2, 0.25) is 0 Å². The van der Waals surface area contributed by atoms with Crippen molar-refractivity contribution >= 4 is 32.6 Å². The number of para-hydroxylation sites is 1. The Morgan fingerprint density at radius 1 is 1.16 bits per heavy atom. The summed E-state index contributed by atoms with van der Waals surface area (Å²) >= 11 is 0. The summed E-state index contributed by atoms with van der Waals surface area (Å²) in [6.07, 6.45) is 1.40. The maximum Gasteiger partial charge on any atom is 0.335 e. The number of hydrogen-bond donors (Lipinski definition) is 2. The number of aromatic carboxylic acids is 1. The van der Waals surface area contributed by atoms with E-state index < -0.39 is 16.0 Å². The second-order valence-corrected chi connectivity index (χ2v) is 6.84. The summed E-state index contributed by atoms with van der Waals surface area (Å²) < 4.78 is 32.8. The van der Waals surface area contributed by atoms with E-state index in [4.69, 9.17) is 9.84 Å². The molecule has 0 radical (unpaired) electrons. The van der Waals surface area contributed by atoms with Crippen molar-refractivity contribution in [1.29, 1.82) is 0 Å². The third-order valence-electron chi connectivity index (χ3n) is 3.54. The van der Waals surface area contributed by atoms with Crippen molar-refractivity contribution in [3.05, 3.63) is 60.3 Å². The molecule has 0 aliphatic rings. The van der Waals surface area contributed by atoms with Crippen molar-refractivity contribution in [2.75, 3.05) is 11.8 Å². The fourth-order valence-corrected chi connectivity index (χ4v) is 3.59. The number of hydrogen-bond acceptors (Lipinski definition) is 5. The second kappa shape index (κ2) is 6.40. The Kier molecular flexibility index (Phi) is 4.28. The van der Waals surface area contributed by atoms with E-state index in [2.05, 4.69) is 9.71 Å². The highest BCUT2D eigenvalue weighted by Crippen LogP contribution is 2.27. The molecule has 0 saturated heterocycles. The third kappa shape index (κ3) is 3.38. The normalized spacial score (nSPS) is 11.2. The Balaban J connectivity index is 2.03. The number of fused-ring (bicyclic) bond motifs is 1. The molecule has 0 bridgehead atoms. The maximum absolute atomic E-state index is 12.7. The highest BCUT2D eigenvalue weighted by molar-refractivity contribution is 7.92. The first kappa shape index (κ1) is 16.7. The third-order valence-corrected chi connectivity index (χ3v) is 4.95. The van der Waals surface area contributed by atoms with Gasteiger partial charge < -0.3 is 9.84 Å². The predicted molar refractivity (Wildman–Crippen MR) is 92.5 cm³/mol. The molecule has 7 nitrogen and oxygen atoms in total. The average Bonchev–Trinajstić information content (AvgIpc) is 2.60. The van der Waals surface area contributed by atoms with Gasteiger partial charge in [0.05, 0.1) is 30.1 Å². The molecule has 128 valence electrons. The van der Waals surface area contributed by atoms with Gasteiger partial charge in [-0.1, -0.05) is 18.2 Å². The van der Waals surface area contributed by atoms with E-state index >= 15 is 0 Å². The predicted octanol–water partition coefficient (Wildman–Crippen LogP) is 2.74. The number of anilines is 1. The standard InChI is InChI=1S/C17H14N2O5S/c1-24-15-7-6-12(17(20)21)9-16(15)25(22,23)19-13-8-11-4-2-3-5-14(11)18-10-13/h2-10,19H,1H3,(H,20,21). The van der Waals surface area contributed by atoms with Gasteiger partial charge in [-0.2, -0.15) is 0 Å². The minimum atomic E-state index is -4.06. The van der Waals surface area contributed by atoms with Crippen LogP contribution in [0.25, 0.3) is 10.9 Å². The zero-order valence-corrected chi connectivity index (χ0v) is 13.9. The molecular formula is C17H14N2O5S. The number of benzene rings is 2. The summed E-state index contributed by atoms with van der Waals surface area (Å²) in [6, 6.07) is 12.6. The molecule has 2 N–H and O–H groups in total. The van der Waals surface area contributed by atoms with Crippen molar-refractivity contribution in [3.63, 3.8) is 0 Å². The summed E-state index contributed by atoms with van der Waals surface area (Å²) in [5, 5.41) is 9.85. The Labute approximate surface area is 143 Å². The number of aromatic nitrogens is 1. The van der Waals surface area contributed by atoms with Gasteiger partial charge in [0.25, 0.3) is 10.0 Å². The van der Waals surface area contributed by atoms with Crippen LogP contribution in [0.1, 0.15) is 10.4 Å². The summed E-state index contributed by atoms with van der Waals surface area (Å²) in [5.74, 6) is -1.18. The molecule has 1 aromatic heterocycles. The molecule has 25 heavy (non-hydrogen) atoms. The average molecular weight is 358 g/mol. The van der Waals surface area contributed by atoms with Crippen LogP contribution in [0, 0.1) is 0 Å². The van der Waals surface area contributed by atoms with E-state index in [9.17, 15) is 13.2 Å². The Morgan fingerprint density at radius 2 is 1.92 bits per heavy atom. The molecule has 0 amide bonds.